The number of aliphatic hydroxyl groups is 5. The van der Waals surface area contributed by atoms with Crippen molar-refractivity contribution >= 4 is 22.6 Å². The van der Waals surface area contributed by atoms with Crippen molar-refractivity contribution in [2.45, 2.75) is 36.6 Å². The zero-order valence-electron chi connectivity index (χ0n) is 14.0. The molecule has 1 aromatic carbocycles. The topological polar surface area (TPSA) is 161 Å². The van der Waals surface area contributed by atoms with Crippen LogP contribution in [0.15, 0.2) is 21.3 Å². The van der Waals surface area contributed by atoms with Gasteiger partial charge < -0.3 is 39.8 Å². The van der Waals surface area contributed by atoms with Gasteiger partial charge >= 0.3 is 5.63 Å². The van der Waals surface area contributed by atoms with Crippen LogP contribution in [0, 0.1) is 11.6 Å². The molecule has 0 bridgehead atoms. The summed E-state index contributed by atoms with van der Waals surface area (Å²) in [6.07, 6.45) is -7.04. The quantitative estimate of drug-likeness (QED) is 0.269. The summed E-state index contributed by atoms with van der Waals surface area (Å²) in [5.41, 5.74) is -1.07. The molecule has 0 unspecified atom stereocenters. The third kappa shape index (κ3) is 4.41. The van der Waals surface area contributed by atoms with Gasteiger partial charge in [-0.25, -0.2) is 9.18 Å². The summed E-state index contributed by atoms with van der Waals surface area (Å²) in [6, 6.07) is 1.92. The average molecular weight is 427 g/mol. The molecule has 28 heavy (non-hydrogen) atoms. The first-order valence-corrected chi connectivity index (χ1v) is 8.34. The van der Waals surface area contributed by atoms with Gasteiger partial charge in [0.15, 0.2) is 23.4 Å². The van der Waals surface area contributed by atoms with E-state index in [9.17, 15) is 13.6 Å². The van der Waals surface area contributed by atoms with Crippen LogP contribution in [-0.4, -0.2) is 68.0 Å². The van der Waals surface area contributed by atoms with Gasteiger partial charge in [-0.3, -0.25) is 0 Å². The van der Waals surface area contributed by atoms with Crippen molar-refractivity contribution in [1.82, 2.24) is 0 Å². The molecule has 1 fully saturated rings. The summed E-state index contributed by atoms with van der Waals surface area (Å²) in [5.74, 6) is -3.71. The fourth-order valence-corrected chi connectivity index (χ4v) is 2.69. The Bertz CT molecular complexity index is 886. The second-order valence-electron chi connectivity index (χ2n) is 5.84. The minimum atomic E-state index is -1.57. The molecule has 1 aliphatic heterocycles. The monoisotopic (exact) mass is 426 g/mol. The smallest absolute Gasteiger partial charge is 0.336 e. The molecule has 0 aliphatic carbocycles. The van der Waals surface area contributed by atoms with E-state index in [2.05, 4.69) is 9.15 Å². The SMILES string of the molecule is O=c1cc(CCl)c2cc(F)c(O)c(F)c2o1.OC[C@H]1O[C@@H](O)[C@H](O)[C@@H](O)[C@H]1O. The van der Waals surface area contributed by atoms with Crippen LogP contribution >= 0.6 is 11.6 Å². The number of phenols is 1. The number of rotatable bonds is 2. The van der Waals surface area contributed by atoms with Gasteiger partial charge in [-0.05, 0) is 11.6 Å². The first kappa shape index (κ1) is 22.4. The Labute approximate surface area is 160 Å². The molecular formula is C16H17ClF2O9. The molecular weight excluding hydrogens is 410 g/mol. The van der Waals surface area contributed by atoms with Gasteiger partial charge in [-0.1, -0.05) is 0 Å². The largest absolute Gasteiger partial charge is 0.503 e. The number of aromatic hydroxyl groups is 1. The van der Waals surface area contributed by atoms with E-state index in [1.54, 1.807) is 0 Å². The van der Waals surface area contributed by atoms with Crippen molar-refractivity contribution in [3.8, 4) is 5.75 Å². The molecule has 0 saturated carbocycles. The van der Waals surface area contributed by atoms with E-state index in [1.807, 2.05) is 0 Å². The zero-order valence-corrected chi connectivity index (χ0v) is 14.8. The summed E-state index contributed by atoms with van der Waals surface area (Å²) in [7, 11) is 0. The molecule has 9 nitrogen and oxygen atoms in total. The number of phenolic OH excluding ortho intramolecular Hbond substituents is 1. The minimum Gasteiger partial charge on any atom is -0.503 e. The van der Waals surface area contributed by atoms with Crippen LogP contribution in [0.1, 0.15) is 5.56 Å². The number of benzene rings is 1. The second-order valence-corrected chi connectivity index (χ2v) is 6.11. The van der Waals surface area contributed by atoms with Crippen LogP contribution in [0.25, 0.3) is 11.0 Å². The fourth-order valence-electron chi connectivity index (χ4n) is 2.47. The summed E-state index contributed by atoms with van der Waals surface area (Å²) >= 11 is 5.53. The summed E-state index contributed by atoms with van der Waals surface area (Å²) in [6.45, 7) is -0.526. The first-order valence-electron chi connectivity index (χ1n) is 7.80. The molecule has 2 aromatic rings. The molecule has 2 heterocycles. The van der Waals surface area contributed by atoms with E-state index < -0.39 is 65.9 Å². The van der Waals surface area contributed by atoms with E-state index in [0.29, 0.717) is 0 Å². The molecule has 0 radical (unpaired) electrons. The summed E-state index contributed by atoms with van der Waals surface area (Å²) in [4.78, 5) is 11.0. The Hall–Kier alpha value is -1.86. The molecule has 0 amide bonds. The molecule has 5 atom stereocenters. The lowest BCUT2D eigenvalue weighted by Crippen LogP contribution is -2.58. The number of fused-ring (bicyclic) bond motifs is 1. The maximum atomic E-state index is 13.4. The van der Waals surface area contributed by atoms with E-state index in [1.165, 1.54) is 0 Å². The highest BCUT2D eigenvalue weighted by atomic mass is 35.5. The Morgan fingerprint density at radius 1 is 1.07 bits per heavy atom. The van der Waals surface area contributed by atoms with Crippen LogP contribution < -0.4 is 5.63 Å². The van der Waals surface area contributed by atoms with E-state index in [-0.39, 0.29) is 16.8 Å². The number of alkyl halides is 1. The molecule has 0 spiro atoms. The third-order valence-corrected chi connectivity index (χ3v) is 4.29. The number of halogens is 3. The van der Waals surface area contributed by atoms with Gasteiger partial charge in [0.05, 0.1) is 6.61 Å². The van der Waals surface area contributed by atoms with Gasteiger partial charge in [-0.2, -0.15) is 4.39 Å². The van der Waals surface area contributed by atoms with E-state index >= 15 is 0 Å². The van der Waals surface area contributed by atoms with E-state index in [0.717, 1.165) is 12.1 Å². The van der Waals surface area contributed by atoms with Crippen molar-refractivity contribution in [2.75, 3.05) is 6.61 Å². The maximum absolute atomic E-state index is 13.4. The molecule has 1 saturated heterocycles. The Morgan fingerprint density at radius 2 is 1.71 bits per heavy atom. The number of hydrogen-bond acceptors (Lipinski definition) is 9. The van der Waals surface area contributed by atoms with Crippen molar-refractivity contribution < 1.29 is 48.6 Å². The molecule has 3 rings (SSSR count). The minimum absolute atomic E-state index is 0.0300. The number of aliphatic hydroxyl groups excluding tert-OH is 5. The average Bonchev–Trinajstić information content (AvgIpc) is 2.68. The second kappa shape index (κ2) is 9.09. The van der Waals surface area contributed by atoms with Crippen LogP contribution in [0.5, 0.6) is 5.75 Å². The predicted octanol–water partition coefficient (Wildman–Crippen LogP) is -0.706. The highest BCUT2D eigenvalue weighted by Gasteiger charge is 2.42. The molecule has 12 heteroatoms. The van der Waals surface area contributed by atoms with Crippen LogP contribution in [0.4, 0.5) is 8.78 Å². The normalized spacial score (nSPS) is 27.4. The van der Waals surface area contributed by atoms with Gasteiger partial charge in [0.25, 0.3) is 0 Å². The highest BCUT2D eigenvalue weighted by Crippen LogP contribution is 2.30. The van der Waals surface area contributed by atoms with Crippen molar-refractivity contribution in [3.05, 3.63) is 39.8 Å². The summed E-state index contributed by atoms with van der Waals surface area (Å²) in [5, 5.41) is 53.7. The lowest BCUT2D eigenvalue weighted by molar-refractivity contribution is -0.286. The Morgan fingerprint density at radius 3 is 2.29 bits per heavy atom. The maximum Gasteiger partial charge on any atom is 0.336 e. The van der Waals surface area contributed by atoms with Crippen LogP contribution in [-0.2, 0) is 10.6 Å². The zero-order chi connectivity index (χ0) is 21.2. The number of hydrogen-bond donors (Lipinski definition) is 6. The molecule has 6 N–H and O–H groups in total. The third-order valence-electron chi connectivity index (χ3n) is 4.00. The Kier molecular flexibility index (Phi) is 7.28. The Balaban J connectivity index is 0.000000209. The van der Waals surface area contributed by atoms with Crippen LogP contribution in [0.2, 0.25) is 0 Å². The summed E-state index contributed by atoms with van der Waals surface area (Å²) < 4.78 is 35.6. The lowest BCUT2D eigenvalue weighted by atomic mass is 10.00. The van der Waals surface area contributed by atoms with E-state index in [4.69, 9.17) is 42.2 Å². The van der Waals surface area contributed by atoms with Gasteiger partial charge in [0, 0.05) is 17.3 Å². The predicted molar refractivity (Wildman–Crippen MR) is 89.6 cm³/mol. The van der Waals surface area contributed by atoms with Gasteiger partial charge in [0.1, 0.15) is 24.4 Å². The van der Waals surface area contributed by atoms with Crippen LogP contribution in [0.3, 0.4) is 0 Å². The molecule has 156 valence electrons. The standard InChI is InChI=1S/C10H5ClF2O3.C6H12O6/c11-3-4-1-7(14)16-10-5(4)2-6(12)9(15)8(10)13;7-1-2-3(8)4(9)5(10)6(11)12-2/h1-2,15H,3H2;2-11H,1H2/t;2-,3+,4+,5-,6-/m.1/s1. The fraction of sp³-hybridized carbons (Fsp3) is 0.438. The van der Waals surface area contributed by atoms with Crippen molar-refractivity contribution in [3.63, 3.8) is 0 Å². The number of ether oxygens (including phenoxy) is 1. The molecule has 1 aliphatic rings. The first-order chi connectivity index (χ1) is 13.1. The van der Waals surface area contributed by atoms with Gasteiger partial charge in [0.2, 0.25) is 5.82 Å². The highest BCUT2D eigenvalue weighted by molar-refractivity contribution is 6.17. The molecule has 1 aromatic heterocycles. The van der Waals surface area contributed by atoms with Gasteiger partial charge in [-0.15, -0.1) is 11.6 Å². The van der Waals surface area contributed by atoms with Crippen molar-refractivity contribution in [2.24, 2.45) is 0 Å². The lowest BCUT2D eigenvalue weighted by Gasteiger charge is -2.37. The van der Waals surface area contributed by atoms with Crippen molar-refractivity contribution in [1.29, 1.82) is 0 Å².